The van der Waals surface area contributed by atoms with Gasteiger partial charge in [-0.2, -0.15) is 0 Å². The number of amides is 2. The number of carbonyl (C=O) groups is 2. The minimum Gasteiger partial charge on any atom is -0.336 e. The van der Waals surface area contributed by atoms with E-state index in [1.54, 1.807) is 18.5 Å². The Morgan fingerprint density at radius 1 is 0.852 bits per heavy atom. The zero-order valence-electron chi connectivity index (χ0n) is 15.6. The molecule has 2 aromatic rings. The predicted octanol–water partition coefficient (Wildman–Crippen LogP) is 1.67. The van der Waals surface area contributed by atoms with Gasteiger partial charge in [0.2, 0.25) is 0 Å². The summed E-state index contributed by atoms with van der Waals surface area (Å²) in [5.41, 5.74) is 3.46. The fourth-order valence-electron chi connectivity index (χ4n) is 3.72. The monoisotopic (exact) mass is 364 g/mol. The maximum Gasteiger partial charge on any atom is 0.255 e. The maximum atomic E-state index is 13.0. The van der Waals surface area contributed by atoms with Gasteiger partial charge in [-0.15, -0.1) is 0 Å². The van der Waals surface area contributed by atoms with Crippen LogP contribution in [-0.2, 0) is 13.0 Å². The van der Waals surface area contributed by atoms with Gasteiger partial charge in [0.05, 0.1) is 11.1 Å². The third-order valence-electron chi connectivity index (χ3n) is 5.44. The second-order valence-electron chi connectivity index (χ2n) is 7.30. The van der Waals surface area contributed by atoms with Crippen molar-refractivity contribution in [3.63, 3.8) is 0 Å². The predicted molar refractivity (Wildman–Crippen MR) is 103 cm³/mol. The lowest BCUT2D eigenvalue weighted by atomic mass is 9.99. The molecule has 0 bridgehead atoms. The molecular formula is C21H24N4O2. The Morgan fingerprint density at radius 2 is 1.48 bits per heavy atom. The van der Waals surface area contributed by atoms with Gasteiger partial charge >= 0.3 is 0 Å². The molecular weight excluding hydrogens is 340 g/mol. The molecule has 27 heavy (non-hydrogen) atoms. The van der Waals surface area contributed by atoms with Crippen LogP contribution in [0.1, 0.15) is 31.8 Å². The third-order valence-corrected chi connectivity index (χ3v) is 5.44. The normalized spacial score (nSPS) is 17.5. The summed E-state index contributed by atoms with van der Waals surface area (Å²) >= 11 is 0. The summed E-state index contributed by atoms with van der Waals surface area (Å²) < 4.78 is 0. The molecule has 1 saturated heterocycles. The first-order valence-electron chi connectivity index (χ1n) is 9.41. The van der Waals surface area contributed by atoms with E-state index in [1.807, 2.05) is 21.9 Å². The Kier molecular flexibility index (Phi) is 4.90. The van der Waals surface area contributed by atoms with Gasteiger partial charge in [0, 0.05) is 51.7 Å². The van der Waals surface area contributed by atoms with Crippen LogP contribution >= 0.6 is 0 Å². The summed E-state index contributed by atoms with van der Waals surface area (Å²) in [6, 6.07) is 9.92. The summed E-state index contributed by atoms with van der Waals surface area (Å²) in [6.07, 6.45) is 3.97. The van der Waals surface area contributed by atoms with Crippen LogP contribution in [0, 0.1) is 0 Å². The Balaban J connectivity index is 1.49. The van der Waals surface area contributed by atoms with Gasteiger partial charge < -0.3 is 14.7 Å². The van der Waals surface area contributed by atoms with Crippen LogP contribution in [0.3, 0.4) is 0 Å². The first-order chi connectivity index (χ1) is 13.1. The maximum absolute atomic E-state index is 13.0. The highest BCUT2D eigenvalue weighted by atomic mass is 16.2. The van der Waals surface area contributed by atoms with Gasteiger partial charge in [-0.25, -0.2) is 0 Å². The van der Waals surface area contributed by atoms with Crippen molar-refractivity contribution in [3.8, 4) is 0 Å². The topological polar surface area (TPSA) is 56.8 Å². The van der Waals surface area contributed by atoms with Crippen molar-refractivity contribution in [3.05, 3.63) is 65.0 Å². The lowest BCUT2D eigenvalue weighted by Crippen LogP contribution is -2.47. The number of nitrogens with zero attached hydrogens (tertiary/aromatic N) is 4. The first kappa shape index (κ1) is 17.7. The number of hydrogen-bond acceptors (Lipinski definition) is 4. The molecule has 0 spiro atoms. The van der Waals surface area contributed by atoms with Crippen molar-refractivity contribution in [1.29, 1.82) is 0 Å². The van der Waals surface area contributed by atoms with Crippen molar-refractivity contribution >= 4 is 11.8 Å². The molecule has 2 aliphatic heterocycles. The Bertz CT molecular complexity index is 859. The molecule has 0 saturated carbocycles. The van der Waals surface area contributed by atoms with E-state index in [0.717, 1.165) is 19.5 Å². The molecule has 3 heterocycles. The molecule has 0 aliphatic carbocycles. The van der Waals surface area contributed by atoms with Crippen LogP contribution in [0.15, 0.2) is 42.7 Å². The number of piperazine rings is 1. The standard InChI is InChI=1S/C21H24N4O2/c1-23-8-10-24(11-9-23)20(26)18-12-19(14-22-13-18)21(27)25-7-6-16-4-2-3-5-17(16)15-25/h2-5,12-14H,6-11,15H2,1H3. The van der Waals surface area contributed by atoms with Crippen molar-refractivity contribution in [2.24, 2.45) is 0 Å². The number of fused-ring (bicyclic) bond motifs is 1. The Morgan fingerprint density at radius 3 is 2.19 bits per heavy atom. The quantitative estimate of drug-likeness (QED) is 0.813. The van der Waals surface area contributed by atoms with E-state index >= 15 is 0 Å². The van der Waals surface area contributed by atoms with E-state index in [0.29, 0.717) is 37.3 Å². The SMILES string of the molecule is CN1CCN(C(=O)c2cncc(C(=O)N3CCc4ccccc4C3)c2)CC1. The average molecular weight is 364 g/mol. The van der Waals surface area contributed by atoms with E-state index in [1.165, 1.54) is 11.1 Å². The zero-order valence-corrected chi connectivity index (χ0v) is 15.6. The van der Waals surface area contributed by atoms with Gasteiger partial charge in [0.25, 0.3) is 11.8 Å². The molecule has 1 fully saturated rings. The molecule has 140 valence electrons. The Labute approximate surface area is 159 Å². The van der Waals surface area contributed by atoms with Crippen LogP contribution < -0.4 is 0 Å². The van der Waals surface area contributed by atoms with Gasteiger partial charge in [0.15, 0.2) is 0 Å². The van der Waals surface area contributed by atoms with Crippen molar-refractivity contribution in [2.75, 3.05) is 39.8 Å². The highest BCUT2D eigenvalue weighted by Gasteiger charge is 2.24. The van der Waals surface area contributed by atoms with E-state index < -0.39 is 0 Å². The number of aromatic nitrogens is 1. The van der Waals surface area contributed by atoms with Crippen LogP contribution in [-0.4, -0.2) is 71.3 Å². The van der Waals surface area contributed by atoms with Crippen LogP contribution in [0.5, 0.6) is 0 Å². The fraction of sp³-hybridized carbons (Fsp3) is 0.381. The molecule has 2 amide bonds. The summed E-state index contributed by atoms with van der Waals surface area (Å²) in [4.78, 5) is 35.8. The number of benzene rings is 1. The summed E-state index contributed by atoms with van der Waals surface area (Å²) in [5, 5.41) is 0. The minimum atomic E-state index is -0.0648. The molecule has 6 nitrogen and oxygen atoms in total. The largest absolute Gasteiger partial charge is 0.336 e. The second kappa shape index (κ2) is 7.48. The number of pyridine rings is 1. The Hall–Kier alpha value is -2.73. The van der Waals surface area contributed by atoms with Crippen molar-refractivity contribution in [1.82, 2.24) is 19.7 Å². The summed E-state index contributed by atoms with van der Waals surface area (Å²) in [7, 11) is 2.05. The first-order valence-corrected chi connectivity index (χ1v) is 9.41. The van der Waals surface area contributed by atoms with Gasteiger partial charge in [0.1, 0.15) is 0 Å². The molecule has 0 unspecified atom stereocenters. The molecule has 1 aromatic carbocycles. The molecule has 0 N–H and O–H groups in total. The van der Waals surface area contributed by atoms with Gasteiger partial charge in [-0.3, -0.25) is 14.6 Å². The molecule has 0 radical (unpaired) electrons. The van der Waals surface area contributed by atoms with Gasteiger partial charge in [-0.1, -0.05) is 24.3 Å². The highest BCUT2D eigenvalue weighted by molar-refractivity contribution is 5.99. The fourth-order valence-corrected chi connectivity index (χ4v) is 3.72. The van der Waals surface area contributed by atoms with E-state index in [-0.39, 0.29) is 11.8 Å². The highest BCUT2D eigenvalue weighted by Crippen LogP contribution is 2.20. The number of hydrogen-bond donors (Lipinski definition) is 0. The smallest absolute Gasteiger partial charge is 0.255 e. The molecule has 4 rings (SSSR count). The van der Waals surface area contributed by atoms with Gasteiger partial charge in [-0.05, 0) is 30.7 Å². The number of rotatable bonds is 2. The molecule has 0 atom stereocenters. The molecule has 1 aromatic heterocycles. The summed E-state index contributed by atoms with van der Waals surface area (Å²) in [6.45, 7) is 4.43. The van der Waals surface area contributed by atoms with Crippen LogP contribution in [0.25, 0.3) is 0 Å². The van der Waals surface area contributed by atoms with Crippen LogP contribution in [0.2, 0.25) is 0 Å². The minimum absolute atomic E-state index is 0.0470. The van der Waals surface area contributed by atoms with E-state index in [4.69, 9.17) is 0 Å². The molecule has 2 aliphatic rings. The van der Waals surface area contributed by atoms with E-state index in [9.17, 15) is 9.59 Å². The molecule has 6 heteroatoms. The lowest BCUT2D eigenvalue weighted by Gasteiger charge is -2.32. The average Bonchev–Trinajstić information content (AvgIpc) is 2.73. The number of carbonyl (C=O) groups excluding carboxylic acids is 2. The van der Waals surface area contributed by atoms with Crippen LogP contribution in [0.4, 0.5) is 0 Å². The number of likely N-dealkylation sites (N-methyl/N-ethyl adjacent to an activating group) is 1. The zero-order chi connectivity index (χ0) is 18.8. The van der Waals surface area contributed by atoms with Crippen molar-refractivity contribution < 1.29 is 9.59 Å². The van der Waals surface area contributed by atoms with E-state index in [2.05, 4.69) is 29.1 Å². The van der Waals surface area contributed by atoms with Crippen molar-refractivity contribution in [2.45, 2.75) is 13.0 Å². The summed E-state index contributed by atoms with van der Waals surface area (Å²) in [5.74, 6) is -0.112. The third kappa shape index (κ3) is 3.71. The lowest BCUT2D eigenvalue weighted by molar-refractivity contribution is 0.0663. The second-order valence-corrected chi connectivity index (χ2v) is 7.30.